The Kier molecular flexibility index (Phi) is 6.57. The summed E-state index contributed by atoms with van der Waals surface area (Å²) in [6.07, 6.45) is 2.21. The van der Waals surface area contributed by atoms with Crippen molar-refractivity contribution >= 4 is 5.91 Å². The first kappa shape index (κ1) is 17.5. The molecule has 1 aromatic rings. The van der Waals surface area contributed by atoms with Crippen LogP contribution in [0.15, 0.2) is 24.3 Å². The van der Waals surface area contributed by atoms with Crippen LogP contribution in [0.5, 0.6) is 0 Å². The van der Waals surface area contributed by atoms with E-state index in [0.29, 0.717) is 18.7 Å². The third kappa shape index (κ3) is 5.34. The van der Waals surface area contributed by atoms with E-state index >= 15 is 0 Å². The van der Waals surface area contributed by atoms with E-state index in [1.54, 1.807) is 17.0 Å². The molecular weight excluding hydrogens is 292 g/mol. The number of rotatable bonds is 7. The molecule has 5 nitrogen and oxygen atoms in total. The summed E-state index contributed by atoms with van der Waals surface area (Å²) in [4.78, 5) is 14.2. The number of nitrogens with zero attached hydrogens (tertiary/aromatic N) is 2. The average Bonchev–Trinajstić information content (AvgIpc) is 3.06. The van der Waals surface area contributed by atoms with Crippen molar-refractivity contribution in [1.82, 2.24) is 4.90 Å². The van der Waals surface area contributed by atoms with Crippen LogP contribution in [-0.2, 0) is 20.8 Å². The molecule has 0 radical (unpaired) electrons. The molecule has 0 saturated carbocycles. The minimum absolute atomic E-state index is 0.0256. The standard InChI is InChI=1S/C18H24N2O3/c1-14(2)20(11-16-7-5-15(10-19)6-8-16)18(21)13-22-12-17-4-3-9-23-17/h5-8,14,17H,3-4,9,11-13H2,1-2H3/t17-/m1/s1. The fourth-order valence-corrected chi connectivity index (χ4v) is 2.58. The van der Waals surface area contributed by atoms with E-state index in [-0.39, 0.29) is 24.7 Å². The Morgan fingerprint density at radius 3 is 2.74 bits per heavy atom. The lowest BCUT2D eigenvalue weighted by Gasteiger charge is -2.27. The Morgan fingerprint density at radius 2 is 2.17 bits per heavy atom. The van der Waals surface area contributed by atoms with Gasteiger partial charge in [0.25, 0.3) is 0 Å². The normalized spacial score (nSPS) is 17.2. The number of carbonyl (C=O) groups excluding carboxylic acids is 1. The van der Waals surface area contributed by atoms with Gasteiger partial charge in [0.2, 0.25) is 5.91 Å². The first-order valence-electron chi connectivity index (χ1n) is 8.08. The molecule has 0 spiro atoms. The molecule has 0 bridgehead atoms. The van der Waals surface area contributed by atoms with Gasteiger partial charge < -0.3 is 14.4 Å². The highest BCUT2D eigenvalue weighted by Gasteiger charge is 2.20. The molecular formula is C18H24N2O3. The minimum Gasteiger partial charge on any atom is -0.376 e. The maximum absolute atomic E-state index is 12.4. The first-order valence-corrected chi connectivity index (χ1v) is 8.08. The maximum atomic E-state index is 12.4. The average molecular weight is 316 g/mol. The van der Waals surface area contributed by atoms with Gasteiger partial charge in [0.05, 0.1) is 24.3 Å². The molecule has 5 heteroatoms. The molecule has 124 valence electrons. The van der Waals surface area contributed by atoms with Crippen molar-refractivity contribution in [2.45, 2.75) is 45.4 Å². The largest absolute Gasteiger partial charge is 0.376 e. The van der Waals surface area contributed by atoms with Gasteiger partial charge in [0, 0.05) is 19.2 Å². The van der Waals surface area contributed by atoms with E-state index in [2.05, 4.69) is 6.07 Å². The molecule has 0 unspecified atom stereocenters. The van der Waals surface area contributed by atoms with Gasteiger partial charge >= 0.3 is 0 Å². The van der Waals surface area contributed by atoms with E-state index in [0.717, 1.165) is 25.0 Å². The predicted octanol–water partition coefficient (Wildman–Crippen LogP) is 2.49. The molecule has 1 atom stereocenters. The van der Waals surface area contributed by atoms with Gasteiger partial charge in [-0.05, 0) is 44.4 Å². The lowest BCUT2D eigenvalue weighted by Crippen LogP contribution is -2.39. The Bertz CT molecular complexity index is 542. The highest BCUT2D eigenvalue weighted by Crippen LogP contribution is 2.13. The van der Waals surface area contributed by atoms with Gasteiger partial charge in [-0.15, -0.1) is 0 Å². The Labute approximate surface area is 137 Å². The van der Waals surface area contributed by atoms with E-state index in [9.17, 15) is 4.79 Å². The quantitative estimate of drug-likeness (QED) is 0.775. The van der Waals surface area contributed by atoms with Gasteiger partial charge in [0.1, 0.15) is 6.61 Å². The number of hydrogen-bond acceptors (Lipinski definition) is 4. The highest BCUT2D eigenvalue weighted by atomic mass is 16.5. The SMILES string of the molecule is CC(C)N(Cc1ccc(C#N)cc1)C(=O)COC[C@H]1CCCO1. The molecule has 1 heterocycles. The van der Waals surface area contributed by atoms with Crippen LogP contribution < -0.4 is 0 Å². The predicted molar refractivity (Wildman–Crippen MR) is 86.6 cm³/mol. The summed E-state index contributed by atoms with van der Waals surface area (Å²) in [5, 5.41) is 8.83. The van der Waals surface area contributed by atoms with Gasteiger partial charge in [-0.2, -0.15) is 5.26 Å². The van der Waals surface area contributed by atoms with Crippen LogP contribution in [0.2, 0.25) is 0 Å². The lowest BCUT2D eigenvalue weighted by atomic mass is 10.1. The lowest BCUT2D eigenvalue weighted by molar-refractivity contribution is -0.139. The van der Waals surface area contributed by atoms with Crippen LogP contribution in [-0.4, -0.2) is 42.8 Å². The molecule has 1 fully saturated rings. The summed E-state index contributed by atoms with van der Waals surface area (Å²) < 4.78 is 11.0. The molecule has 0 aliphatic carbocycles. The highest BCUT2D eigenvalue weighted by molar-refractivity contribution is 5.77. The van der Waals surface area contributed by atoms with Crippen molar-refractivity contribution in [1.29, 1.82) is 5.26 Å². The van der Waals surface area contributed by atoms with Gasteiger partial charge in [-0.3, -0.25) is 4.79 Å². The molecule has 1 aliphatic heterocycles. The number of benzene rings is 1. The van der Waals surface area contributed by atoms with Crippen molar-refractivity contribution in [2.24, 2.45) is 0 Å². The van der Waals surface area contributed by atoms with Crippen molar-refractivity contribution in [3.8, 4) is 6.07 Å². The number of amides is 1. The van der Waals surface area contributed by atoms with Crippen molar-refractivity contribution < 1.29 is 14.3 Å². The fourth-order valence-electron chi connectivity index (χ4n) is 2.58. The second-order valence-electron chi connectivity index (χ2n) is 6.07. The molecule has 1 saturated heterocycles. The molecule has 1 amide bonds. The van der Waals surface area contributed by atoms with Crippen molar-refractivity contribution in [3.63, 3.8) is 0 Å². The van der Waals surface area contributed by atoms with Crippen LogP contribution in [0.4, 0.5) is 0 Å². The number of ether oxygens (including phenoxy) is 2. The van der Waals surface area contributed by atoms with Crippen LogP contribution in [0.3, 0.4) is 0 Å². The molecule has 1 aliphatic rings. The van der Waals surface area contributed by atoms with E-state index in [4.69, 9.17) is 14.7 Å². The zero-order valence-corrected chi connectivity index (χ0v) is 13.8. The van der Waals surface area contributed by atoms with Gasteiger partial charge in [-0.1, -0.05) is 12.1 Å². The van der Waals surface area contributed by atoms with Crippen LogP contribution in [0.1, 0.15) is 37.8 Å². The third-order valence-electron chi connectivity index (χ3n) is 3.93. The molecule has 1 aromatic carbocycles. The Balaban J connectivity index is 1.85. The molecule has 23 heavy (non-hydrogen) atoms. The molecule has 2 rings (SSSR count). The summed E-state index contributed by atoms with van der Waals surface area (Å²) in [7, 11) is 0. The smallest absolute Gasteiger partial charge is 0.249 e. The second-order valence-corrected chi connectivity index (χ2v) is 6.07. The summed E-state index contributed by atoms with van der Waals surface area (Å²) in [5.74, 6) is -0.0256. The van der Waals surface area contributed by atoms with Gasteiger partial charge in [0.15, 0.2) is 0 Å². The first-order chi connectivity index (χ1) is 11.1. The Hall–Kier alpha value is -1.90. The second kappa shape index (κ2) is 8.66. The summed E-state index contributed by atoms with van der Waals surface area (Å²) in [6.45, 7) is 5.84. The summed E-state index contributed by atoms with van der Waals surface area (Å²) in [6, 6.07) is 9.49. The number of hydrogen-bond donors (Lipinski definition) is 0. The monoisotopic (exact) mass is 316 g/mol. The third-order valence-corrected chi connectivity index (χ3v) is 3.93. The van der Waals surface area contributed by atoms with Crippen LogP contribution in [0.25, 0.3) is 0 Å². The maximum Gasteiger partial charge on any atom is 0.249 e. The molecule has 0 N–H and O–H groups in total. The van der Waals surface area contributed by atoms with E-state index in [1.165, 1.54) is 0 Å². The van der Waals surface area contributed by atoms with Crippen LogP contribution >= 0.6 is 0 Å². The van der Waals surface area contributed by atoms with Crippen molar-refractivity contribution in [3.05, 3.63) is 35.4 Å². The summed E-state index contributed by atoms with van der Waals surface area (Å²) >= 11 is 0. The fraction of sp³-hybridized carbons (Fsp3) is 0.556. The zero-order chi connectivity index (χ0) is 16.7. The summed E-state index contributed by atoms with van der Waals surface area (Å²) in [5.41, 5.74) is 1.63. The number of carbonyl (C=O) groups is 1. The van der Waals surface area contributed by atoms with Crippen LogP contribution in [0, 0.1) is 11.3 Å². The van der Waals surface area contributed by atoms with Crippen molar-refractivity contribution in [2.75, 3.05) is 19.8 Å². The number of nitriles is 1. The van der Waals surface area contributed by atoms with E-state index < -0.39 is 0 Å². The Morgan fingerprint density at radius 1 is 1.43 bits per heavy atom. The van der Waals surface area contributed by atoms with E-state index in [1.807, 2.05) is 26.0 Å². The minimum atomic E-state index is -0.0256. The van der Waals surface area contributed by atoms with Gasteiger partial charge in [-0.25, -0.2) is 0 Å². The zero-order valence-electron chi connectivity index (χ0n) is 13.8. The molecule has 0 aromatic heterocycles. The topological polar surface area (TPSA) is 62.6 Å².